The molecular formula is C24H23ClN2OS. The number of thioether (sulfide) groups is 1. The molecule has 3 aromatic carbocycles. The minimum Gasteiger partial charge on any atom is -0.341 e. The van der Waals surface area contributed by atoms with Crippen LogP contribution < -0.4 is 5.32 Å². The van der Waals surface area contributed by atoms with E-state index in [9.17, 15) is 4.79 Å². The lowest BCUT2D eigenvalue weighted by molar-refractivity contribution is -0.115. The van der Waals surface area contributed by atoms with Crippen LogP contribution in [-0.4, -0.2) is 15.7 Å². The summed E-state index contributed by atoms with van der Waals surface area (Å²) >= 11 is 7.53. The summed E-state index contributed by atoms with van der Waals surface area (Å²) in [4.78, 5) is 14.0. The highest BCUT2D eigenvalue weighted by Gasteiger charge is 2.19. The first kappa shape index (κ1) is 19.9. The summed E-state index contributed by atoms with van der Waals surface area (Å²) in [5.74, 6) is 0.0195. The lowest BCUT2D eigenvalue weighted by Gasteiger charge is -2.15. The Morgan fingerprint density at radius 2 is 1.72 bits per heavy atom. The number of anilines is 1. The van der Waals surface area contributed by atoms with Crippen LogP contribution >= 0.6 is 23.4 Å². The molecule has 0 bridgehead atoms. The number of benzene rings is 3. The molecule has 1 N–H and O–H groups in total. The van der Waals surface area contributed by atoms with E-state index in [4.69, 9.17) is 11.6 Å². The average Bonchev–Trinajstić information content (AvgIpc) is 3.06. The van der Waals surface area contributed by atoms with E-state index in [2.05, 4.69) is 53.2 Å². The van der Waals surface area contributed by atoms with Crippen molar-refractivity contribution in [3.8, 4) is 0 Å². The number of nitrogens with zero attached hydrogens (tertiary/aromatic N) is 1. The van der Waals surface area contributed by atoms with Gasteiger partial charge in [0.25, 0.3) is 0 Å². The van der Waals surface area contributed by atoms with E-state index in [1.54, 1.807) is 11.8 Å². The molecular weight excluding hydrogens is 400 g/mol. The van der Waals surface area contributed by atoms with Gasteiger partial charge in [0.1, 0.15) is 0 Å². The molecule has 0 aliphatic carbocycles. The van der Waals surface area contributed by atoms with Crippen LogP contribution in [0.5, 0.6) is 0 Å². The smallest absolute Gasteiger partial charge is 0.237 e. The minimum atomic E-state index is -0.163. The van der Waals surface area contributed by atoms with Crippen molar-refractivity contribution in [3.05, 3.63) is 71.8 Å². The van der Waals surface area contributed by atoms with Gasteiger partial charge >= 0.3 is 0 Å². The first-order valence-corrected chi connectivity index (χ1v) is 11.1. The van der Waals surface area contributed by atoms with Crippen LogP contribution in [0.1, 0.15) is 20.3 Å². The Labute approximate surface area is 180 Å². The second-order valence-electron chi connectivity index (χ2n) is 6.95. The molecule has 148 valence electrons. The maximum Gasteiger partial charge on any atom is 0.237 e. The third-order valence-electron chi connectivity index (χ3n) is 5.11. The van der Waals surface area contributed by atoms with Crippen molar-refractivity contribution in [1.29, 1.82) is 0 Å². The number of aromatic nitrogens is 1. The Morgan fingerprint density at radius 3 is 2.45 bits per heavy atom. The number of hydrogen-bond donors (Lipinski definition) is 1. The molecule has 0 aliphatic heterocycles. The Balaban J connectivity index is 1.60. The van der Waals surface area contributed by atoms with E-state index in [0.29, 0.717) is 5.02 Å². The highest BCUT2D eigenvalue weighted by Crippen LogP contribution is 2.32. The largest absolute Gasteiger partial charge is 0.341 e. The summed E-state index contributed by atoms with van der Waals surface area (Å²) in [6.45, 7) is 5.10. The zero-order valence-corrected chi connectivity index (χ0v) is 18.1. The zero-order chi connectivity index (χ0) is 20.4. The number of para-hydroxylation sites is 1. The molecule has 29 heavy (non-hydrogen) atoms. The number of carbonyl (C=O) groups is 1. The highest BCUT2D eigenvalue weighted by atomic mass is 35.5. The van der Waals surface area contributed by atoms with Gasteiger partial charge in [-0.15, -0.1) is 11.8 Å². The molecule has 4 aromatic rings. The summed E-state index contributed by atoms with van der Waals surface area (Å²) in [5.41, 5.74) is 3.24. The minimum absolute atomic E-state index is 0.0195. The van der Waals surface area contributed by atoms with E-state index in [-0.39, 0.29) is 11.2 Å². The van der Waals surface area contributed by atoms with Gasteiger partial charge in [-0.1, -0.05) is 36.7 Å². The summed E-state index contributed by atoms with van der Waals surface area (Å²) < 4.78 is 2.31. The molecule has 4 rings (SSSR count). The van der Waals surface area contributed by atoms with Crippen LogP contribution in [0.4, 0.5) is 5.69 Å². The summed E-state index contributed by atoms with van der Waals surface area (Å²) in [6, 6.07) is 22.2. The predicted octanol–water partition coefficient (Wildman–Crippen LogP) is 6.98. The molecule has 0 spiro atoms. The zero-order valence-electron chi connectivity index (χ0n) is 16.5. The fraction of sp³-hybridized carbons (Fsp3) is 0.208. The molecule has 0 saturated carbocycles. The van der Waals surface area contributed by atoms with E-state index in [1.165, 1.54) is 21.8 Å². The molecule has 0 fully saturated rings. The topological polar surface area (TPSA) is 34.0 Å². The van der Waals surface area contributed by atoms with Crippen molar-refractivity contribution in [3.63, 3.8) is 0 Å². The Kier molecular flexibility index (Phi) is 5.84. The van der Waals surface area contributed by atoms with Gasteiger partial charge in [-0.3, -0.25) is 4.79 Å². The van der Waals surface area contributed by atoms with Crippen LogP contribution in [-0.2, 0) is 11.3 Å². The van der Waals surface area contributed by atoms with Crippen LogP contribution in [0.3, 0.4) is 0 Å². The summed E-state index contributed by atoms with van der Waals surface area (Å²) in [5, 5.41) is 6.03. The normalized spacial score (nSPS) is 12.4. The maximum atomic E-state index is 12.9. The van der Waals surface area contributed by atoms with E-state index in [0.717, 1.165) is 23.5 Å². The number of hydrogen-bond acceptors (Lipinski definition) is 2. The quantitative estimate of drug-likeness (QED) is 0.340. The number of fused-ring (bicyclic) bond motifs is 3. The lowest BCUT2D eigenvalue weighted by atomic mass is 10.1. The van der Waals surface area contributed by atoms with Crippen molar-refractivity contribution in [2.75, 3.05) is 5.32 Å². The monoisotopic (exact) mass is 422 g/mol. The van der Waals surface area contributed by atoms with Crippen molar-refractivity contribution in [1.82, 2.24) is 4.57 Å². The van der Waals surface area contributed by atoms with Crippen LogP contribution in [0, 0.1) is 0 Å². The predicted molar refractivity (Wildman–Crippen MR) is 125 cm³/mol. The van der Waals surface area contributed by atoms with Crippen LogP contribution in [0.2, 0.25) is 5.02 Å². The van der Waals surface area contributed by atoms with Gasteiger partial charge in [-0.25, -0.2) is 0 Å². The van der Waals surface area contributed by atoms with Gasteiger partial charge in [0.2, 0.25) is 5.91 Å². The maximum absolute atomic E-state index is 12.9. The molecule has 1 heterocycles. The Hall–Kier alpha value is -2.43. The lowest BCUT2D eigenvalue weighted by Crippen LogP contribution is -2.24. The van der Waals surface area contributed by atoms with E-state index < -0.39 is 0 Å². The van der Waals surface area contributed by atoms with Gasteiger partial charge in [-0.2, -0.15) is 0 Å². The second-order valence-corrected chi connectivity index (χ2v) is 8.66. The van der Waals surface area contributed by atoms with Gasteiger partial charge < -0.3 is 9.88 Å². The van der Waals surface area contributed by atoms with Gasteiger partial charge in [0, 0.05) is 44.0 Å². The number of rotatable bonds is 6. The third-order valence-corrected chi connectivity index (χ3v) is 6.74. The fourth-order valence-corrected chi connectivity index (χ4v) is 4.77. The molecule has 1 amide bonds. The number of amides is 1. The first-order valence-electron chi connectivity index (χ1n) is 9.84. The average molecular weight is 423 g/mol. The van der Waals surface area contributed by atoms with Crippen LogP contribution in [0.25, 0.3) is 21.8 Å². The van der Waals surface area contributed by atoms with E-state index in [1.807, 2.05) is 37.3 Å². The van der Waals surface area contributed by atoms with Gasteiger partial charge in [-0.05, 0) is 61.9 Å². The standard InChI is InChI=1S/C24H23ClN2OS/c1-3-23(29-18-12-9-16(25)10-13-18)24(28)26-17-11-14-22-20(15-17)19-7-5-6-8-21(19)27(22)4-2/h5-15,23H,3-4H2,1-2H3,(H,26,28). The number of halogens is 1. The van der Waals surface area contributed by atoms with Crippen LogP contribution in [0.15, 0.2) is 71.6 Å². The fourth-order valence-electron chi connectivity index (χ4n) is 3.69. The van der Waals surface area contributed by atoms with E-state index >= 15 is 0 Å². The number of aryl methyl sites for hydroxylation is 1. The Morgan fingerprint density at radius 1 is 1.00 bits per heavy atom. The van der Waals surface area contributed by atoms with Crippen molar-refractivity contribution in [2.24, 2.45) is 0 Å². The molecule has 1 aromatic heterocycles. The van der Waals surface area contributed by atoms with Gasteiger partial charge in [0.15, 0.2) is 0 Å². The third kappa shape index (κ3) is 4.00. The van der Waals surface area contributed by atoms with Crippen molar-refractivity contribution < 1.29 is 4.79 Å². The van der Waals surface area contributed by atoms with Gasteiger partial charge in [0.05, 0.1) is 5.25 Å². The highest BCUT2D eigenvalue weighted by molar-refractivity contribution is 8.00. The number of carbonyl (C=O) groups excluding carboxylic acids is 1. The first-order chi connectivity index (χ1) is 14.1. The molecule has 1 unspecified atom stereocenters. The summed E-state index contributed by atoms with van der Waals surface area (Å²) in [7, 11) is 0. The number of nitrogens with one attached hydrogen (secondary N) is 1. The second kappa shape index (κ2) is 8.52. The van der Waals surface area contributed by atoms with Crippen molar-refractivity contribution >= 4 is 56.8 Å². The SMILES string of the molecule is CCC(Sc1ccc(Cl)cc1)C(=O)Nc1ccc2c(c1)c1ccccc1n2CC. The van der Waals surface area contributed by atoms with Crippen molar-refractivity contribution in [2.45, 2.75) is 37.0 Å². The molecule has 1 atom stereocenters. The molecule has 5 heteroatoms. The molecule has 0 aliphatic rings. The molecule has 0 saturated heterocycles. The molecule has 3 nitrogen and oxygen atoms in total. The summed E-state index contributed by atoms with van der Waals surface area (Å²) in [6.07, 6.45) is 0.747. The Bertz CT molecular complexity index is 1170. The molecule has 0 radical (unpaired) electrons.